The van der Waals surface area contributed by atoms with Crippen LogP contribution in [0, 0.1) is 12.8 Å². The monoisotopic (exact) mass is 658 g/mol. The van der Waals surface area contributed by atoms with Crippen LogP contribution in [0.25, 0.3) is 11.5 Å². The van der Waals surface area contributed by atoms with Crippen molar-refractivity contribution in [2.45, 2.75) is 52.3 Å². The van der Waals surface area contributed by atoms with E-state index in [0.29, 0.717) is 40.8 Å². The van der Waals surface area contributed by atoms with Gasteiger partial charge in [0.15, 0.2) is 11.6 Å². The second-order valence-corrected chi connectivity index (χ2v) is 11.3. The van der Waals surface area contributed by atoms with Crippen LogP contribution in [0.15, 0.2) is 77.3 Å². The maximum Gasteiger partial charge on any atom is 0.305 e. The molecular formula is C35H38N4O9. The molecule has 0 saturated carbocycles. The second-order valence-electron chi connectivity index (χ2n) is 11.3. The van der Waals surface area contributed by atoms with Crippen LogP contribution in [0.4, 0.5) is 0 Å². The first-order valence-corrected chi connectivity index (χ1v) is 15.2. The molecule has 1 aromatic heterocycles. The molecule has 0 aliphatic carbocycles. The minimum absolute atomic E-state index is 0.151. The average molecular weight is 659 g/mol. The number of aryl methyl sites for hydroxylation is 1. The summed E-state index contributed by atoms with van der Waals surface area (Å²) < 4.78 is 22.0. The maximum atomic E-state index is 13.3. The number of carbonyl (C=O) groups is 4. The summed E-state index contributed by atoms with van der Waals surface area (Å²) in [4.78, 5) is 55.3. The number of Topliss-reactive ketones (excluding diaryl/α,β-unsaturated/α-hetero) is 1. The number of methoxy groups -OCH3 is 1. The van der Waals surface area contributed by atoms with Gasteiger partial charge in [0.05, 0.1) is 20.0 Å². The lowest BCUT2D eigenvalue weighted by Gasteiger charge is -2.25. The molecule has 0 spiro atoms. The fraction of sp³-hybridized carbons (Fsp3) is 0.314. The van der Waals surface area contributed by atoms with Gasteiger partial charge in [0, 0.05) is 11.1 Å². The molecule has 0 aliphatic heterocycles. The summed E-state index contributed by atoms with van der Waals surface area (Å²) in [5.74, 6) is -1.42. The molecule has 2 amide bonds. The first kappa shape index (κ1) is 35.1. The Kier molecular flexibility index (Phi) is 12.2. The molecule has 4 aromatic rings. The minimum atomic E-state index is -1.39. The number of amides is 2. The summed E-state index contributed by atoms with van der Waals surface area (Å²) >= 11 is 0. The van der Waals surface area contributed by atoms with Crippen molar-refractivity contribution < 1.29 is 43.0 Å². The van der Waals surface area contributed by atoms with E-state index in [2.05, 4.69) is 20.8 Å². The summed E-state index contributed by atoms with van der Waals surface area (Å²) in [6, 6.07) is 18.9. The zero-order valence-electron chi connectivity index (χ0n) is 27.1. The predicted octanol–water partition coefficient (Wildman–Crippen LogP) is 3.92. The van der Waals surface area contributed by atoms with Gasteiger partial charge in [0.25, 0.3) is 5.89 Å². The van der Waals surface area contributed by atoms with Crippen molar-refractivity contribution in [3.63, 3.8) is 0 Å². The summed E-state index contributed by atoms with van der Waals surface area (Å²) in [7, 11) is 1.47. The van der Waals surface area contributed by atoms with Gasteiger partial charge in [-0.3, -0.25) is 19.2 Å². The van der Waals surface area contributed by atoms with E-state index >= 15 is 0 Å². The van der Waals surface area contributed by atoms with Crippen LogP contribution in [-0.4, -0.2) is 64.6 Å². The summed E-state index contributed by atoms with van der Waals surface area (Å²) in [5.41, 5.74) is 2.11. The fourth-order valence-corrected chi connectivity index (χ4v) is 4.71. The molecule has 0 aliphatic rings. The second kappa shape index (κ2) is 16.7. The Morgan fingerprint density at radius 2 is 1.60 bits per heavy atom. The third-order valence-corrected chi connectivity index (χ3v) is 7.21. The number of aromatic nitrogens is 2. The third-order valence-electron chi connectivity index (χ3n) is 7.21. The molecule has 252 valence electrons. The van der Waals surface area contributed by atoms with Crippen LogP contribution in [0.3, 0.4) is 0 Å². The van der Waals surface area contributed by atoms with Gasteiger partial charge in [-0.05, 0) is 60.9 Å². The molecule has 0 saturated heterocycles. The van der Waals surface area contributed by atoms with Gasteiger partial charge >= 0.3 is 5.97 Å². The third kappa shape index (κ3) is 10.1. The average Bonchev–Trinajstić information content (AvgIpc) is 3.51. The van der Waals surface area contributed by atoms with Gasteiger partial charge in [-0.2, -0.15) is 4.98 Å². The number of ketones is 1. The van der Waals surface area contributed by atoms with E-state index in [-0.39, 0.29) is 12.3 Å². The maximum absolute atomic E-state index is 13.3. The van der Waals surface area contributed by atoms with Gasteiger partial charge in [-0.15, -0.1) is 0 Å². The van der Waals surface area contributed by atoms with E-state index in [0.717, 1.165) is 5.56 Å². The Morgan fingerprint density at radius 1 is 0.917 bits per heavy atom. The number of nitrogens with zero attached hydrogens (tertiary/aromatic N) is 2. The first-order valence-electron chi connectivity index (χ1n) is 15.2. The van der Waals surface area contributed by atoms with Crippen molar-refractivity contribution in [2.75, 3.05) is 13.7 Å². The molecule has 0 radical (unpaired) electrons. The molecule has 13 nitrogen and oxygen atoms in total. The first-order chi connectivity index (χ1) is 23.0. The van der Waals surface area contributed by atoms with Gasteiger partial charge in [0.2, 0.25) is 11.8 Å². The lowest BCUT2D eigenvalue weighted by molar-refractivity contribution is -0.141. The number of hydrogen-bond donors (Lipinski definition) is 3. The van der Waals surface area contributed by atoms with Crippen molar-refractivity contribution >= 4 is 23.6 Å². The summed E-state index contributed by atoms with van der Waals surface area (Å²) in [6.45, 7) is 5.02. The molecule has 0 bridgehead atoms. The lowest BCUT2D eigenvalue weighted by Crippen LogP contribution is -2.54. The van der Waals surface area contributed by atoms with E-state index < -0.39 is 54.6 Å². The van der Waals surface area contributed by atoms with Crippen molar-refractivity contribution in [3.05, 3.63) is 89.7 Å². The highest BCUT2D eigenvalue weighted by Gasteiger charge is 2.30. The number of carboxylic acids is 1. The molecule has 1 heterocycles. The van der Waals surface area contributed by atoms with Crippen molar-refractivity contribution in [1.29, 1.82) is 0 Å². The molecule has 2 atom stereocenters. The summed E-state index contributed by atoms with van der Waals surface area (Å²) in [6.07, 6.45) is -0.819. The molecule has 4 rings (SSSR count). The van der Waals surface area contributed by atoms with Crippen LogP contribution in [0.1, 0.15) is 37.2 Å². The van der Waals surface area contributed by atoms with Crippen molar-refractivity contribution in [2.24, 2.45) is 5.92 Å². The zero-order valence-corrected chi connectivity index (χ0v) is 27.1. The van der Waals surface area contributed by atoms with Crippen LogP contribution >= 0.6 is 0 Å². The van der Waals surface area contributed by atoms with Gasteiger partial charge < -0.3 is 34.5 Å². The van der Waals surface area contributed by atoms with E-state index in [1.54, 1.807) is 63.2 Å². The van der Waals surface area contributed by atoms with E-state index in [4.69, 9.17) is 18.7 Å². The smallest absolute Gasteiger partial charge is 0.305 e. The van der Waals surface area contributed by atoms with Crippen molar-refractivity contribution in [3.8, 4) is 28.7 Å². The lowest BCUT2D eigenvalue weighted by atomic mass is 10.0. The van der Waals surface area contributed by atoms with Crippen LogP contribution in [-0.2, 0) is 32.2 Å². The molecule has 48 heavy (non-hydrogen) atoms. The van der Waals surface area contributed by atoms with Gasteiger partial charge in [-0.25, -0.2) is 0 Å². The van der Waals surface area contributed by atoms with Crippen LogP contribution < -0.4 is 24.8 Å². The highest BCUT2D eigenvalue weighted by Crippen LogP contribution is 2.26. The highest BCUT2D eigenvalue weighted by molar-refractivity contribution is 5.95. The number of benzene rings is 3. The Bertz CT molecular complexity index is 1700. The Hall–Kier alpha value is -5.72. The normalized spacial score (nSPS) is 12.1. The van der Waals surface area contributed by atoms with E-state index in [1.807, 2.05) is 30.3 Å². The highest BCUT2D eigenvalue weighted by atomic mass is 16.5. The standard InChI is InChI=1S/C35H38N4O9/c1-21(2)33(38-31(41)17-25-16-24(10-15-30(25)45-4)35-36-22(3)39-48-35)34(44)37-28(18-32(42)43)29(40)20-47-27-13-11-26(12-14-27)46-19-23-8-6-5-7-9-23/h5-16,21,28,33H,17-20H2,1-4H3,(H,37,44)(H,38,41)(H,42,43)/t28-,33-/m0/s1. The van der Waals surface area contributed by atoms with E-state index in [9.17, 15) is 24.3 Å². The number of hydrogen-bond acceptors (Lipinski definition) is 10. The molecule has 3 N–H and O–H groups in total. The van der Waals surface area contributed by atoms with Gasteiger partial charge in [0.1, 0.15) is 42.5 Å². The SMILES string of the molecule is COc1ccc(-c2nc(C)no2)cc1CC(=O)N[C@H](C(=O)N[C@@H](CC(=O)O)C(=O)COc1ccc(OCc2ccccc2)cc1)C(C)C. The Morgan fingerprint density at radius 3 is 2.21 bits per heavy atom. The number of ether oxygens (including phenoxy) is 3. The number of nitrogens with one attached hydrogen (secondary N) is 2. The Balaban J connectivity index is 1.35. The molecule has 3 aromatic carbocycles. The molecule has 13 heteroatoms. The van der Waals surface area contributed by atoms with Gasteiger partial charge in [-0.1, -0.05) is 49.3 Å². The number of carboxylic acid groups (broad SMARTS) is 1. The number of aliphatic carboxylic acids is 1. The van der Waals surface area contributed by atoms with Crippen LogP contribution in [0.2, 0.25) is 0 Å². The molecule has 0 unspecified atom stereocenters. The van der Waals surface area contributed by atoms with E-state index in [1.165, 1.54) is 7.11 Å². The topological polar surface area (TPSA) is 179 Å². The number of carbonyl (C=O) groups excluding carboxylic acids is 3. The van der Waals surface area contributed by atoms with Crippen molar-refractivity contribution in [1.82, 2.24) is 20.8 Å². The summed E-state index contributed by atoms with van der Waals surface area (Å²) in [5, 5.41) is 18.4. The Labute approximate surface area is 277 Å². The van der Waals surface area contributed by atoms with Crippen LogP contribution in [0.5, 0.6) is 17.2 Å². The molecular weight excluding hydrogens is 620 g/mol. The zero-order chi connectivity index (χ0) is 34.6. The largest absolute Gasteiger partial charge is 0.496 e. The predicted molar refractivity (Wildman–Crippen MR) is 173 cm³/mol. The number of rotatable bonds is 17. The quantitative estimate of drug-likeness (QED) is 0.150. The minimum Gasteiger partial charge on any atom is -0.496 e. The molecule has 0 fully saturated rings. The fourth-order valence-electron chi connectivity index (χ4n) is 4.71.